The van der Waals surface area contributed by atoms with Gasteiger partial charge in [0.2, 0.25) is 5.89 Å². The SMILES string of the molecule is Cc1cc(OCc2nnc(Cc3ccccc3)o2)ccc1Cl. The molecule has 22 heavy (non-hydrogen) atoms. The van der Waals surface area contributed by atoms with Gasteiger partial charge in [0, 0.05) is 5.02 Å². The molecule has 3 aromatic rings. The monoisotopic (exact) mass is 314 g/mol. The maximum absolute atomic E-state index is 5.98. The quantitative estimate of drug-likeness (QED) is 0.708. The van der Waals surface area contributed by atoms with Crippen LogP contribution in [0.1, 0.15) is 22.9 Å². The molecule has 0 saturated carbocycles. The Morgan fingerprint density at radius 2 is 1.82 bits per heavy atom. The van der Waals surface area contributed by atoms with E-state index < -0.39 is 0 Å². The van der Waals surface area contributed by atoms with Crippen molar-refractivity contribution in [3.63, 3.8) is 0 Å². The first-order valence-electron chi connectivity index (χ1n) is 6.95. The van der Waals surface area contributed by atoms with Gasteiger partial charge in [0.25, 0.3) is 5.89 Å². The summed E-state index contributed by atoms with van der Waals surface area (Å²) in [5.41, 5.74) is 2.10. The number of hydrogen-bond donors (Lipinski definition) is 0. The van der Waals surface area contributed by atoms with Gasteiger partial charge in [0.1, 0.15) is 5.75 Å². The van der Waals surface area contributed by atoms with Crippen LogP contribution in [0.4, 0.5) is 0 Å². The van der Waals surface area contributed by atoms with Crippen LogP contribution in [0.5, 0.6) is 5.75 Å². The highest BCUT2D eigenvalue weighted by Gasteiger charge is 2.08. The summed E-state index contributed by atoms with van der Waals surface area (Å²) in [7, 11) is 0. The molecule has 0 amide bonds. The van der Waals surface area contributed by atoms with Crippen LogP contribution in [0, 0.1) is 6.92 Å². The molecule has 5 heteroatoms. The highest BCUT2D eigenvalue weighted by molar-refractivity contribution is 6.31. The predicted octanol–water partition coefficient (Wildman–Crippen LogP) is 4.20. The first kappa shape index (κ1) is 14.6. The average molecular weight is 315 g/mol. The van der Waals surface area contributed by atoms with Gasteiger partial charge in [-0.3, -0.25) is 0 Å². The van der Waals surface area contributed by atoms with Crippen LogP contribution in [-0.2, 0) is 13.0 Å². The van der Waals surface area contributed by atoms with Gasteiger partial charge in [-0.05, 0) is 36.2 Å². The van der Waals surface area contributed by atoms with Crippen LogP contribution in [0.2, 0.25) is 5.02 Å². The van der Waals surface area contributed by atoms with Crippen LogP contribution < -0.4 is 4.74 Å². The maximum atomic E-state index is 5.98. The molecule has 0 aliphatic carbocycles. The molecule has 1 aromatic heterocycles. The van der Waals surface area contributed by atoms with Crippen molar-refractivity contribution in [2.75, 3.05) is 0 Å². The van der Waals surface area contributed by atoms with Gasteiger partial charge >= 0.3 is 0 Å². The highest BCUT2D eigenvalue weighted by atomic mass is 35.5. The van der Waals surface area contributed by atoms with E-state index in [9.17, 15) is 0 Å². The Kier molecular flexibility index (Phi) is 4.39. The number of halogens is 1. The molecule has 0 atom stereocenters. The van der Waals surface area contributed by atoms with Crippen molar-refractivity contribution < 1.29 is 9.15 Å². The Morgan fingerprint density at radius 3 is 2.59 bits per heavy atom. The minimum absolute atomic E-state index is 0.239. The van der Waals surface area contributed by atoms with Gasteiger partial charge in [-0.1, -0.05) is 41.9 Å². The fraction of sp³-hybridized carbons (Fsp3) is 0.176. The largest absolute Gasteiger partial charge is 0.484 e. The van der Waals surface area contributed by atoms with E-state index in [0.29, 0.717) is 18.2 Å². The van der Waals surface area contributed by atoms with Crippen LogP contribution >= 0.6 is 11.6 Å². The Morgan fingerprint density at radius 1 is 1.05 bits per heavy atom. The first-order chi connectivity index (χ1) is 10.7. The van der Waals surface area contributed by atoms with E-state index in [0.717, 1.165) is 21.9 Å². The number of ether oxygens (including phenoxy) is 1. The molecule has 1 heterocycles. The van der Waals surface area contributed by atoms with E-state index in [1.165, 1.54) is 0 Å². The number of benzene rings is 2. The van der Waals surface area contributed by atoms with Crippen molar-refractivity contribution >= 4 is 11.6 Å². The van der Waals surface area contributed by atoms with Crippen LogP contribution in [0.15, 0.2) is 52.9 Å². The average Bonchev–Trinajstić information content (AvgIpc) is 2.97. The molecule has 0 aliphatic rings. The zero-order valence-corrected chi connectivity index (χ0v) is 12.9. The molecule has 0 bridgehead atoms. The van der Waals surface area contributed by atoms with Gasteiger partial charge in [-0.25, -0.2) is 0 Å². The maximum Gasteiger partial charge on any atom is 0.253 e. The van der Waals surface area contributed by atoms with E-state index in [-0.39, 0.29) is 6.61 Å². The lowest BCUT2D eigenvalue weighted by molar-refractivity contribution is 0.259. The molecule has 0 unspecified atom stereocenters. The lowest BCUT2D eigenvalue weighted by Crippen LogP contribution is -1.96. The predicted molar refractivity (Wildman–Crippen MR) is 84.1 cm³/mol. The Bertz CT molecular complexity index is 756. The molecule has 0 aliphatic heterocycles. The van der Waals surface area contributed by atoms with E-state index in [1.54, 1.807) is 6.07 Å². The second-order valence-electron chi connectivity index (χ2n) is 4.95. The van der Waals surface area contributed by atoms with Crippen molar-refractivity contribution in [1.82, 2.24) is 10.2 Å². The van der Waals surface area contributed by atoms with E-state index >= 15 is 0 Å². The summed E-state index contributed by atoms with van der Waals surface area (Å²) in [6.45, 7) is 2.17. The molecular formula is C17H15ClN2O2. The van der Waals surface area contributed by atoms with E-state index in [4.69, 9.17) is 20.8 Å². The standard InChI is InChI=1S/C17H15ClN2O2/c1-12-9-14(7-8-15(12)18)21-11-17-20-19-16(22-17)10-13-5-3-2-4-6-13/h2-9H,10-11H2,1H3. The van der Waals surface area contributed by atoms with Crippen molar-refractivity contribution in [1.29, 1.82) is 0 Å². The molecular weight excluding hydrogens is 300 g/mol. The first-order valence-corrected chi connectivity index (χ1v) is 7.32. The van der Waals surface area contributed by atoms with Gasteiger partial charge in [0.15, 0.2) is 6.61 Å². The number of nitrogens with zero attached hydrogens (tertiary/aromatic N) is 2. The van der Waals surface area contributed by atoms with Crippen molar-refractivity contribution in [2.24, 2.45) is 0 Å². The second kappa shape index (κ2) is 6.62. The van der Waals surface area contributed by atoms with Gasteiger partial charge < -0.3 is 9.15 Å². The summed E-state index contributed by atoms with van der Waals surface area (Å²) in [6, 6.07) is 15.5. The summed E-state index contributed by atoms with van der Waals surface area (Å²) in [5, 5.41) is 8.76. The van der Waals surface area contributed by atoms with Gasteiger partial charge in [0.05, 0.1) is 6.42 Å². The van der Waals surface area contributed by atoms with Crippen LogP contribution in [0.25, 0.3) is 0 Å². The fourth-order valence-electron chi connectivity index (χ4n) is 2.04. The van der Waals surface area contributed by atoms with Crippen LogP contribution in [-0.4, -0.2) is 10.2 Å². The normalized spacial score (nSPS) is 10.6. The zero-order chi connectivity index (χ0) is 15.4. The number of aromatic nitrogens is 2. The minimum atomic E-state index is 0.239. The Hall–Kier alpha value is -2.33. The van der Waals surface area contributed by atoms with E-state index in [2.05, 4.69) is 10.2 Å². The Labute approximate surface area is 133 Å². The number of rotatable bonds is 5. The third-order valence-corrected chi connectivity index (χ3v) is 3.62. The molecule has 0 N–H and O–H groups in total. The summed E-state index contributed by atoms with van der Waals surface area (Å²) < 4.78 is 11.2. The third-order valence-electron chi connectivity index (χ3n) is 3.20. The lowest BCUT2D eigenvalue weighted by Gasteiger charge is -2.05. The number of hydrogen-bond acceptors (Lipinski definition) is 4. The second-order valence-corrected chi connectivity index (χ2v) is 5.36. The smallest absolute Gasteiger partial charge is 0.253 e. The molecule has 0 saturated heterocycles. The van der Waals surface area contributed by atoms with E-state index in [1.807, 2.05) is 49.4 Å². The third kappa shape index (κ3) is 3.65. The topological polar surface area (TPSA) is 48.2 Å². The Balaban J connectivity index is 1.61. The molecule has 112 valence electrons. The molecule has 2 aromatic carbocycles. The van der Waals surface area contributed by atoms with Gasteiger partial charge in [-0.2, -0.15) is 0 Å². The van der Waals surface area contributed by atoms with Crippen molar-refractivity contribution in [3.05, 3.63) is 76.5 Å². The minimum Gasteiger partial charge on any atom is -0.484 e. The molecule has 0 spiro atoms. The molecule has 3 rings (SSSR count). The summed E-state index contributed by atoms with van der Waals surface area (Å²) in [4.78, 5) is 0. The number of aryl methyl sites for hydroxylation is 1. The zero-order valence-electron chi connectivity index (χ0n) is 12.1. The highest BCUT2D eigenvalue weighted by Crippen LogP contribution is 2.21. The fourth-order valence-corrected chi connectivity index (χ4v) is 2.16. The molecule has 4 nitrogen and oxygen atoms in total. The lowest BCUT2D eigenvalue weighted by atomic mass is 10.2. The van der Waals surface area contributed by atoms with Crippen LogP contribution in [0.3, 0.4) is 0 Å². The molecule has 0 radical (unpaired) electrons. The van der Waals surface area contributed by atoms with Crippen molar-refractivity contribution in [3.8, 4) is 5.75 Å². The van der Waals surface area contributed by atoms with Gasteiger partial charge in [-0.15, -0.1) is 10.2 Å². The summed E-state index contributed by atoms with van der Waals surface area (Å²) in [5.74, 6) is 1.76. The van der Waals surface area contributed by atoms with Crippen molar-refractivity contribution in [2.45, 2.75) is 20.0 Å². The molecule has 0 fully saturated rings. The summed E-state index contributed by atoms with van der Waals surface area (Å²) >= 11 is 5.98. The summed E-state index contributed by atoms with van der Waals surface area (Å²) in [6.07, 6.45) is 0.619.